The Morgan fingerprint density at radius 2 is 1.95 bits per heavy atom. The van der Waals surface area contributed by atoms with E-state index in [4.69, 9.17) is 5.73 Å². The van der Waals surface area contributed by atoms with Crippen molar-refractivity contribution in [3.63, 3.8) is 0 Å². The molecule has 0 fully saturated rings. The van der Waals surface area contributed by atoms with E-state index in [0.717, 1.165) is 16.0 Å². The quantitative estimate of drug-likeness (QED) is 0.910. The van der Waals surface area contributed by atoms with Gasteiger partial charge < -0.3 is 11.1 Å². The third kappa shape index (κ3) is 3.68. The SMILES string of the molecule is Cc1sc(C(=O)NC(C)(C)CN)cc1-c1ccc(F)cc1. The first kappa shape index (κ1) is 15.7. The van der Waals surface area contributed by atoms with Crippen LogP contribution in [0.4, 0.5) is 4.39 Å². The van der Waals surface area contributed by atoms with Crippen LogP contribution < -0.4 is 11.1 Å². The van der Waals surface area contributed by atoms with E-state index < -0.39 is 5.54 Å². The molecule has 1 amide bonds. The van der Waals surface area contributed by atoms with Gasteiger partial charge in [0.2, 0.25) is 0 Å². The highest BCUT2D eigenvalue weighted by molar-refractivity contribution is 7.14. The van der Waals surface area contributed by atoms with Gasteiger partial charge in [0.1, 0.15) is 5.82 Å². The molecule has 0 aliphatic rings. The maximum absolute atomic E-state index is 13.0. The van der Waals surface area contributed by atoms with E-state index in [1.165, 1.54) is 23.5 Å². The summed E-state index contributed by atoms with van der Waals surface area (Å²) in [6.45, 7) is 6.08. The first-order valence-electron chi connectivity index (χ1n) is 6.71. The van der Waals surface area contributed by atoms with Crippen LogP contribution in [-0.2, 0) is 0 Å². The molecule has 0 saturated heterocycles. The van der Waals surface area contributed by atoms with E-state index in [-0.39, 0.29) is 11.7 Å². The van der Waals surface area contributed by atoms with Crippen LogP contribution in [0.3, 0.4) is 0 Å². The fraction of sp³-hybridized carbons (Fsp3) is 0.312. The molecule has 0 radical (unpaired) electrons. The minimum Gasteiger partial charge on any atom is -0.345 e. The third-order valence-electron chi connectivity index (χ3n) is 3.26. The molecule has 0 unspecified atom stereocenters. The molecule has 0 aliphatic heterocycles. The minimum absolute atomic E-state index is 0.132. The van der Waals surface area contributed by atoms with Gasteiger partial charge in [-0.1, -0.05) is 12.1 Å². The Hall–Kier alpha value is -1.72. The number of aryl methyl sites for hydroxylation is 1. The first-order valence-corrected chi connectivity index (χ1v) is 7.53. The molecule has 3 nitrogen and oxygen atoms in total. The lowest BCUT2D eigenvalue weighted by Gasteiger charge is -2.23. The number of nitrogens with one attached hydrogen (secondary N) is 1. The molecule has 21 heavy (non-hydrogen) atoms. The van der Waals surface area contributed by atoms with Crippen molar-refractivity contribution < 1.29 is 9.18 Å². The molecule has 2 aromatic rings. The number of thiophene rings is 1. The highest BCUT2D eigenvalue weighted by Gasteiger charge is 2.21. The van der Waals surface area contributed by atoms with E-state index >= 15 is 0 Å². The standard InChI is InChI=1S/C16H19FN2OS/c1-10-13(11-4-6-12(17)7-5-11)8-14(21-10)15(20)19-16(2,3)9-18/h4-8H,9,18H2,1-3H3,(H,19,20). The second-order valence-corrected chi connectivity index (χ2v) is 6.89. The van der Waals surface area contributed by atoms with Crippen molar-refractivity contribution >= 4 is 17.2 Å². The van der Waals surface area contributed by atoms with Crippen LogP contribution >= 0.6 is 11.3 Å². The van der Waals surface area contributed by atoms with Crippen LogP contribution in [0.15, 0.2) is 30.3 Å². The molecule has 1 aromatic carbocycles. The molecular formula is C16H19FN2OS. The predicted molar refractivity (Wildman–Crippen MR) is 85.0 cm³/mol. The summed E-state index contributed by atoms with van der Waals surface area (Å²) in [5, 5.41) is 2.91. The number of rotatable bonds is 4. The van der Waals surface area contributed by atoms with Crippen molar-refractivity contribution in [3.8, 4) is 11.1 Å². The Morgan fingerprint density at radius 1 is 1.33 bits per heavy atom. The maximum atomic E-state index is 13.0. The van der Waals surface area contributed by atoms with Crippen LogP contribution in [0.5, 0.6) is 0 Å². The number of halogens is 1. The number of hydrogen-bond donors (Lipinski definition) is 2. The van der Waals surface area contributed by atoms with Crippen molar-refractivity contribution in [3.05, 3.63) is 45.9 Å². The van der Waals surface area contributed by atoms with E-state index in [0.29, 0.717) is 11.4 Å². The van der Waals surface area contributed by atoms with E-state index in [1.807, 2.05) is 26.8 Å². The molecule has 5 heteroatoms. The first-order chi connectivity index (χ1) is 9.82. The lowest BCUT2D eigenvalue weighted by atomic mass is 10.1. The van der Waals surface area contributed by atoms with Crippen LogP contribution in [0.2, 0.25) is 0 Å². The van der Waals surface area contributed by atoms with E-state index in [1.54, 1.807) is 12.1 Å². The predicted octanol–water partition coefficient (Wildman–Crippen LogP) is 3.33. The van der Waals surface area contributed by atoms with Gasteiger partial charge in [-0.2, -0.15) is 0 Å². The van der Waals surface area contributed by atoms with E-state index in [2.05, 4.69) is 5.32 Å². The summed E-state index contributed by atoms with van der Waals surface area (Å²) < 4.78 is 13.0. The Kier molecular flexibility index (Phi) is 4.44. The molecule has 2 rings (SSSR count). The average Bonchev–Trinajstić information content (AvgIpc) is 2.81. The van der Waals surface area contributed by atoms with Gasteiger partial charge in [-0.25, -0.2) is 4.39 Å². The summed E-state index contributed by atoms with van der Waals surface area (Å²) in [6.07, 6.45) is 0. The van der Waals surface area contributed by atoms with Crippen molar-refractivity contribution in [2.24, 2.45) is 5.73 Å². The molecule has 112 valence electrons. The Morgan fingerprint density at radius 3 is 2.52 bits per heavy atom. The summed E-state index contributed by atoms with van der Waals surface area (Å²) in [7, 11) is 0. The summed E-state index contributed by atoms with van der Waals surface area (Å²) >= 11 is 1.43. The largest absolute Gasteiger partial charge is 0.345 e. The maximum Gasteiger partial charge on any atom is 0.261 e. The average molecular weight is 306 g/mol. The second kappa shape index (κ2) is 5.95. The third-order valence-corrected chi connectivity index (χ3v) is 4.31. The molecule has 0 spiro atoms. The number of carbonyl (C=O) groups excluding carboxylic acids is 1. The monoisotopic (exact) mass is 306 g/mol. The van der Waals surface area contributed by atoms with Crippen molar-refractivity contribution in [1.82, 2.24) is 5.32 Å². The Balaban J connectivity index is 2.27. The van der Waals surface area contributed by atoms with Gasteiger partial charge in [-0.05, 0) is 50.1 Å². The number of amides is 1. The number of carbonyl (C=O) groups is 1. The smallest absolute Gasteiger partial charge is 0.261 e. The van der Waals surface area contributed by atoms with Crippen molar-refractivity contribution in [2.75, 3.05) is 6.54 Å². The van der Waals surface area contributed by atoms with Gasteiger partial charge in [0.05, 0.1) is 4.88 Å². The molecule has 3 N–H and O–H groups in total. The molecule has 0 saturated carbocycles. The van der Waals surface area contributed by atoms with Crippen LogP contribution in [0.1, 0.15) is 28.4 Å². The highest BCUT2D eigenvalue weighted by Crippen LogP contribution is 2.31. The van der Waals surface area contributed by atoms with Gasteiger partial charge in [0.15, 0.2) is 0 Å². The summed E-state index contributed by atoms with van der Waals surface area (Å²) in [4.78, 5) is 13.9. The zero-order valence-electron chi connectivity index (χ0n) is 12.4. The number of nitrogens with two attached hydrogens (primary N) is 1. The fourth-order valence-electron chi connectivity index (χ4n) is 1.93. The normalized spacial score (nSPS) is 11.5. The van der Waals surface area contributed by atoms with Crippen LogP contribution in [-0.4, -0.2) is 18.0 Å². The fourth-order valence-corrected chi connectivity index (χ4v) is 2.87. The molecule has 0 aliphatic carbocycles. The lowest BCUT2D eigenvalue weighted by Crippen LogP contribution is -2.48. The summed E-state index contributed by atoms with van der Waals surface area (Å²) in [6, 6.07) is 8.12. The lowest BCUT2D eigenvalue weighted by molar-refractivity contribution is 0.0920. The summed E-state index contributed by atoms with van der Waals surface area (Å²) in [5.41, 5.74) is 7.05. The molecule has 1 aromatic heterocycles. The number of benzene rings is 1. The Bertz CT molecular complexity index is 647. The van der Waals surface area contributed by atoms with E-state index in [9.17, 15) is 9.18 Å². The topological polar surface area (TPSA) is 55.1 Å². The zero-order chi connectivity index (χ0) is 15.6. The van der Waals surface area contributed by atoms with Gasteiger partial charge in [-0.15, -0.1) is 11.3 Å². The Labute approximate surface area is 128 Å². The minimum atomic E-state index is -0.439. The number of hydrogen-bond acceptors (Lipinski definition) is 3. The molecule has 1 heterocycles. The van der Waals surface area contributed by atoms with Crippen molar-refractivity contribution in [1.29, 1.82) is 0 Å². The zero-order valence-corrected chi connectivity index (χ0v) is 13.2. The van der Waals surface area contributed by atoms with Crippen molar-refractivity contribution in [2.45, 2.75) is 26.3 Å². The van der Waals surface area contributed by atoms with Gasteiger partial charge >= 0.3 is 0 Å². The second-order valence-electron chi connectivity index (χ2n) is 5.63. The molecular weight excluding hydrogens is 287 g/mol. The van der Waals surface area contributed by atoms with Crippen LogP contribution in [0.25, 0.3) is 11.1 Å². The van der Waals surface area contributed by atoms with Gasteiger partial charge in [-0.3, -0.25) is 4.79 Å². The van der Waals surface area contributed by atoms with Crippen LogP contribution in [0, 0.1) is 12.7 Å². The molecule has 0 atom stereocenters. The van der Waals surface area contributed by atoms with Gasteiger partial charge in [0.25, 0.3) is 5.91 Å². The molecule has 0 bridgehead atoms. The van der Waals surface area contributed by atoms with Gasteiger partial charge in [0, 0.05) is 17.0 Å². The highest BCUT2D eigenvalue weighted by atomic mass is 32.1. The summed E-state index contributed by atoms with van der Waals surface area (Å²) in [5.74, 6) is -0.402.